The number of nitrogens with zero attached hydrogens (tertiary/aromatic N) is 4. The van der Waals surface area contributed by atoms with Crippen molar-refractivity contribution in [3.05, 3.63) is 48.3 Å². The van der Waals surface area contributed by atoms with Crippen LogP contribution in [0, 0.1) is 0 Å². The lowest BCUT2D eigenvalue weighted by atomic mass is 10.2. The van der Waals surface area contributed by atoms with E-state index in [1.807, 2.05) is 12.1 Å². The first-order valence-electron chi connectivity index (χ1n) is 7.32. The molecule has 0 radical (unpaired) electrons. The zero-order valence-corrected chi connectivity index (χ0v) is 12.9. The number of amides is 1. The maximum atomic E-state index is 12.2. The van der Waals surface area contributed by atoms with Gasteiger partial charge >= 0.3 is 0 Å². The van der Waals surface area contributed by atoms with E-state index in [-0.39, 0.29) is 11.9 Å². The highest BCUT2D eigenvalue weighted by Crippen LogP contribution is 2.24. The third-order valence-corrected chi connectivity index (χ3v) is 4.09. The molecular weight excluding hydrogens is 300 g/mol. The van der Waals surface area contributed by atoms with Gasteiger partial charge in [-0.15, -0.1) is 5.10 Å². The lowest BCUT2D eigenvalue weighted by Gasteiger charge is -2.26. The molecule has 0 spiro atoms. The van der Waals surface area contributed by atoms with Crippen molar-refractivity contribution in [1.29, 1.82) is 0 Å². The second kappa shape index (κ2) is 6.32. The van der Waals surface area contributed by atoms with Crippen LogP contribution in [0.2, 0.25) is 5.02 Å². The number of carbonyl (C=O) groups excluding carboxylic acids is 1. The Morgan fingerprint density at radius 1 is 1.41 bits per heavy atom. The van der Waals surface area contributed by atoms with E-state index in [4.69, 9.17) is 11.6 Å². The molecule has 1 saturated carbocycles. The van der Waals surface area contributed by atoms with Gasteiger partial charge in [0.25, 0.3) is 5.91 Å². The molecule has 1 aromatic carbocycles. The molecular formula is C16H17ClN4O. The highest BCUT2D eigenvalue weighted by Gasteiger charge is 2.27. The topological polar surface area (TPSA) is 51.0 Å². The number of hydrogen-bond donors (Lipinski definition) is 0. The van der Waals surface area contributed by atoms with Crippen LogP contribution < -0.4 is 5.01 Å². The van der Waals surface area contributed by atoms with E-state index < -0.39 is 0 Å². The van der Waals surface area contributed by atoms with Crippen molar-refractivity contribution in [2.45, 2.75) is 31.7 Å². The Balaban J connectivity index is 1.92. The molecule has 3 rings (SSSR count). The van der Waals surface area contributed by atoms with E-state index in [0.717, 1.165) is 31.2 Å². The third-order valence-electron chi connectivity index (χ3n) is 3.86. The molecule has 0 saturated heterocycles. The number of carbonyl (C=O) groups is 1. The van der Waals surface area contributed by atoms with Gasteiger partial charge in [-0.25, -0.2) is 9.99 Å². The van der Waals surface area contributed by atoms with Crippen molar-refractivity contribution in [3.8, 4) is 11.4 Å². The first-order chi connectivity index (χ1) is 10.7. The fraction of sp³-hybridized carbons (Fsp3) is 0.312. The fourth-order valence-corrected chi connectivity index (χ4v) is 3.00. The zero-order chi connectivity index (χ0) is 15.5. The SMILES string of the molecule is C=CC(=O)N(C1CCCC1)n1cnc(-c2cccc(Cl)c2)n1. The van der Waals surface area contributed by atoms with Gasteiger partial charge in [-0.2, -0.15) is 4.79 Å². The smallest absolute Gasteiger partial charge is 0.266 e. The van der Waals surface area contributed by atoms with Crippen LogP contribution in [0.5, 0.6) is 0 Å². The minimum atomic E-state index is -0.158. The van der Waals surface area contributed by atoms with Crippen LogP contribution in [-0.4, -0.2) is 26.8 Å². The minimum Gasteiger partial charge on any atom is -0.268 e. The predicted octanol–water partition coefficient (Wildman–Crippen LogP) is 3.19. The van der Waals surface area contributed by atoms with Crippen molar-refractivity contribution < 1.29 is 4.79 Å². The van der Waals surface area contributed by atoms with Gasteiger partial charge in [-0.3, -0.25) is 4.79 Å². The summed E-state index contributed by atoms with van der Waals surface area (Å²) in [5.74, 6) is 0.386. The first-order valence-corrected chi connectivity index (χ1v) is 7.70. The average molecular weight is 317 g/mol. The van der Waals surface area contributed by atoms with Crippen LogP contribution in [-0.2, 0) is 4.79 Å². The van der Waals surface area contributed by atoms with Crippen LogP contribution in [0.1, 0.15) is 25.7 Å². The highest BCUT2D eigenvalue weighted by molar-refractivity contribution is 6.30. The summed E-state index contributed by atoms with van der Waals surface area (Å²) in [5, 5.41) is 6.71. The number of hydrogen-bond acceptors (Lipinski definition) is 3. The number of benzene rings is 1. The van der Waals surface area contributed by atoms with Gasteiger partial charge in [-0.1, -0.05) is 43.2 Å². The Hall–Kier alpha value is -2.14. The molecule has 22 heavy (non-hydrogen) atoms. The molecule has 0 unspecified atom stereocenters. The Labute approximate surface area is 134 Å². The Morgan fingerprint density at radius 2 is 2.18 bits per heavy atom. The molecule has 114 valence electrons. The summed E-state index contributed by atoms with van der Waals surface area (Å²) in [4.78, 5) is 18.0. The van der Waals surface area contributed by atoms with Gasteiger partial charge < -0.3 is 0 Å². The lowest BCUT2D eigenvalue weighted by Crippen LogP contribution is -2.46. The molecule has 5 nitrogen and oxygen atoms in total. The van der Waals surface area contributed by atoms with Crippen LogP contribution in [0.15, 0.2) is 43.2 Å². The summed E-state index contributed by atoms with van der Waals surface area (Å²) < 4.78 is 0. The molecule has 1 heterocycles. The van der Waals surface area contributed by atoms with E-state index in [1.165, 1.54) is 10.9 Å². The van der Waals surface area contributed by atoms with E-state index in [1.54, 1.807) is 23.5 Å². The Morgan fingerprint density at radius 3 is 2.86 bits per heavy atom. The van der Waals surface area contributed by atoms with E-state index >= 15 is 0 Å². The summed E-state index contributed by atoms with van der Waals surface area (Å²) in [6.45, 7) is 3.58. The van der Waals surface area contributed by atoms with E-state index in [0.29, 0.717) is 10.8 Å². The van der Waals surface area contributed by atoms with Crippen molar-refractivity contribution in [2.24, 2.45) is 0 Å². The predicted molar refractivity (Wildman–Crippen MR) is 86.1 cm³/mol. The zero-order valence-electron chi connectivity index (χ0n) is 12.2. The summed E-state index contributed by atoms with van der Waals surface area (Å²) in [6.07, 6.45) is 7.09. The monoisotopic (exact) mass is 316 g/mol. The van der Waals surface area contributed by atoms with Gasteiger partial charge in [0.15, 0.2) is 5.82 Å². The van der Waals surface area contributed by atoms with Crippen LogP contribution in [0.3, 0.4) is 0 Å². The molecule has 6 heteroatoms. The van der Waals surface area contributed by atoms with Crippen LogP contribution in [0.4, 0.5) is 0 Å². The Bertz CT molecular complexity index is 691. The second-order valence-corrected chi connectivity index (χ2v) is 5.76. The summed E-state index contributed by atoms with van der Waals surface area (Å²) in [7, 11) is 0. The standard InChI is InChI=1S/C16H17ClN4O/c1-2-15(22)21(14-8-3-4-9-14)20-11-18-16(19-20)12-6-5-7-13(17)10-12/h2,5-7,10-11,14H,1,3-4,8-9H2. The van der Waals surface area contributed by atoms with Crippen molar-refractivity contribution in [3.63, 3.8) is 0 Å². The second-order valence-electron chi connectivity index (χ2n) is 5.32. The number of rotatable bonds is 4. The minimum absolute atomic E-state index is 0.152. The van der Waals surface area contributed by atoms with Gasteiger partial charge in [0.2, 0.25) is 0 Å². The lowest BCUT2D eigenvalue weighted by molar-refractivity contribution is -0.116. The maximum absolute atomic E-state index is 12.2. The fourth-order valence-electron chi connectivity index (χ4n) is 2.81. The normalized spacial score (nSPS) is 15.0. The van der Waals surface area contributed by atoms with Crippen molar-refractivity contribution in [1.82, 2.24) is 14.9 Å². The molecule has 2 aromatic rings. The molecule has 1 aromatic heterocycles. The molecule has 1 fully saturated rings. The molecule has 0 aliphatic heterocycles. The maximum Gasteiger partial charge on any atom is 0.266 e. The number of halogens is 1. The third kappa shape index (κ3) is 2.90. The summed E-state index contributed by atoms with van der Waals surface area (Å²) >= 11 is 6.00. The van der Waals surface area contributed by atoms with Crippen molar-refractivity contribution in [2.75, 3.05) is 5.01 Å². The van der Waals surface area contributed by atoms with E-state index in [9.17, 15) is 4.79 Å². The van der Waals surface area contributed by atoms with Gasteiger partial charge in [-0.05, 0) is 31.1 Å². The molecule has 1 amide bonds. The first kappa shape index (κ1) is 14.8. The molecule has 0 bridgehead atoms. The Kier molecular flexibility index (Phi) is 4.24. The van der Waals surface area contributed by atoms with Crippen LogP contribution >= 0.6 is 11.6 Å². The molecule has 1 aliphatic carbocycles. The summed E-state index contributed by atoms with van der Waals surface area (Å²) in [5.41, 5.74) is 0.823. The molecule has 0 atom stereocenters. The molecule has 0 N–H and O–H groups in total. The largest absolute Gasteiger partial charge is 0.268 e. The average Bonchev–Trinajstić information content (AvgIpc) is 3.19. The summed E-state index contributed by atoms with van der Waals surface area (Å²) in [6, 6.07) is 7.49. The quantitative estimate of drug-likeness (QED) is 0.814. The number of aromatic nitrogens is 3. The van der Waals surface area contributed by atoms with Gasteiger partial charge in [0.05, 0.1) is 6.04 Å². The molecule has 1 aliphatic rings. The van der Waals surface area contributed by atoms with Crippen molar-refractivity contribution >= 4 is 17.5 Å². The van der Waals surface area contributed by atoms with Gasteiger partial charge in [0, 0.05) is 10.6 Å². The van der Waals surface area contributed by atoms with E-state index in [2.05, 4.69) is 16.7 Å². The highest BCUT2D eigenvalue weighted by atomic mass is 35.5. The van der Waals surface area contributed by atoms with Gasteiger partial charge in [0.1, 0.15) is 6.33 Å². The van der Waals surface area contributed by atoms with Crippen LogP contribution in [0.25, 0.3) is 11.4 Å².